The Bertz CT molecular complexity index is 1960. The molecule has 2 aromatic heterocycles. The van der Waals surface area contributed by atoms with Crippen LogP contribution < -0.4 is 45.5 Å². The van der Waals surface area contributed by atoms with Crippen molar-refractivity contribution in [1.29, 1.82) is 0 Å². The summed E-state index contributed by atoms with van der Waals surface area (Å²) in [7, 11) is 4.90. The maximum absolute atomic E-state index is 11.8. The van der Waals surface area contributed by atoms with Gasteiger partial charge in [0.05, 0.1) is 33.0 Å². The summed E-state index contributed by atoms with van der Waals surface area (Å²) in [6.07, 6.45) is 11.7. The molecule has 5 heterocycles. The second-order valence-corrected chi connectivity index (χ2v) is 15.9. The molecule has 3 unspecified atom stereocenters. The molecule has 3 fully saturated rings. The predicted octanol–water partition coefficient (Wildman–Crippen LogP) is 6.03. The monoisotopic (exact) mass is 822 g/mol. The summed E-state index contributed by atoms with van der Waals surface area (Å²) in [5, 5.41) is 16.7. The number of nitrogens with zero attached hydrogens (tertiary/aromatic N) is 5. The normalized spacial score (nSPS) is 19.4. The van der Waals surface area contributed by atoms with Crippen molar-refractivity contribution in [2.45, 2.75) is 38.5 Å². The van der Waals surface area contributed by atoms with E-state index in [0.717, 1.165) is 99.5 Å². The lowest BCUT2D eigenvalue weighted by atomic mass is 9.77. The van der Waals surface area contributed by atoms with Crippen LogP contribution >= 0.6 is 0 Å². The molecule has 0 saturated carbocycles. The number of nitrogens with one attached hydrogen (secondary N) is 5. The number of benzene rings is 2. The molecule has 7 rings (SSSR count). The van der Waals surface area contributed by atoms with E-state index in [0.29, 0.717) is 54.0 Å². The van der Waals surface area contributed by atoms with E-state index in [1.54, 1.807) is 21.3 Å². The highest BCUT2D eigenvalue weighted by Crippen LogP contribution is 2.35. The summed E-state index contributed by atoms with van der Waals surface area (Å²) in [6.45, 7) is 11.0. The lowest BCUT2D eigenvalue weighted by molar-refractivity contribution is 0.0962. The smallest absolute Gasteiger partial charge is 0.254 e. The fourth-order valence-electron chi connectivity index (χ4n) is 8.63. The highest BCUT2D eigenvalue weighted by molar-refractivity contribution is 5.93. The Kier molecular flexibility index (Phi) is 15.5. The van der Waals surface area contributed by atoms with Crippen molar-refractivity contribution in [3.05, 3.63) is 72.7 Å². The SMILES string of the molecule is CNC(=O)c1cnc(Nc2ccc(OC)c(OCCCN3CCC(C4CNCCC4CNc4ccnc(Nc5ccc(OC)c(OCCCN6CCCC6)c5)c4)C3)c2)nc1. The number of carbonyl (C=O) groups is 1. The van der Waals surface area contributed by atoms with Crippen molar-refractivity contribution in [3.63, 3.8) is 0 Å². The second kappa shape index (κ2) is 21.7. The number of carbonyl (C=O) groups excluding carboxylic acids is 1. The number of ether oxygens (including phenoxy) is 4. The zero-order chi connectivity index (χ0) is 41.5. The number of methoxy groups -OCH3 is 2. The molecule has 15 nitrogen and oxygen atoms in total. The van der Waals surface area contributed by atoms with Gasteiger partial charge in [0.1, 0.15) is 5.82 Å². The first-order valence-corrected chi connectivity index (χ1v) is 21.5. The Morgan fingerprint density at radius 1 is 0.783 bits per heavy atom. The van der Waals surface area contributed by atoms with Crippen LogP contribution in [0.4, 0.5) is 28.8 Å². The van der Waals surface area contributed by atoms with E-state index in [1.807, 2.05) is 42.6 Å². The number of rotatable bonds is 21. The molecule has 0 spiro atoms. The Labute approximate surface area is 354 Å². The van der Waals surface area contributed by atoms with E-state index in [1.165, 1.54) is 44.7 Å². The zero-order valence-corrected chi connectivity index (χ0v) is 35.4. The van der Waals surface area contributed by atoms with Crippen LogP contribution in [0.2, 0.25) is 0 Å². The Hall–Kier alpha value is -5.38. The van der Waals surface area contributed by atoms with Gasteiger partial charge in [0.25, 0.3) is 5.91 Å². The summed E-state index contributed by atoms with van der Waals surface area (Å²) in [6, 6.07) is 15.7. The van der Waals surface area contributed by atoms with Crippen LogP contribution in [-0.4, -0.2) is 124 Å². The Balaban J connectivity index is 0.854. The third-order valence-corrected chi connectivity index (χ3v) is 11.9. The molecular formula is C45H62N10O5. The largest absolute Gasteiger partial charge is 0.493 e. The van der Waals surface area contributed by atoms with Gasteiger partial charge < -0.3 is 55.3 Å². The fourth-order valence-corrected chi connectivity index (χ4v) is 8.63. The number of hydrogen-bond donors (Lipinski definition) is 5. The van der Waals surface area contributed by atoms with Crippen molar-refractivity contribution in [2.75, 3.05) is 109 Å². The third kappa shape index (κ3) is 11.9. The van der Waals surface area contributed by atoms with Gasteiger partial charge in [0, 0.05) is 87.1 Å². The van der Waals surface area contributed by atoms with Gasteiger partial charge in [-0.1, -0.05) is 0 Å². The molecule has 1 amide bonds. The predicted molar refractivity (Wildman–Crippen MR) is 236 cm³/mol. The van der Waals surface area contributed by atoms with E-state index < -0.39 is 0 Å². The molecule has 3 atom stereocenters. The van der Waals surface area contributed by atoms with Crippen molar-refractivity contribution < 1.29 is 23.7 Å². The fraction of sp³-hybridized carbons (Fsp3) is 0.511. The number of pyridine rings is 1. The van der Waals surface area contributed by atoms with Crippen molar-refractivity contribution in [2.24, 2.45) is 17.8 Å². The van der Waals surface area contributed by atoms with E-state index >= 15 is 0 Å². The quantitative estimate of drug-likeness (QED) is 0.0621. The van der Waals surface area contributed by atoms with Crippen molar-refractivity contribution in [1.82, 2.24) is 35.4 Å². The van der Waals surface area contributed by atoms with E-state index in [2.05, 4.69) is 63.5 Å². The van der Waals surface area contributed by atoms with Gasteiger partial charge in [-0.25, -0.2) is 15.0 Å². The summed E-state index contributed by atoms with van der Waals surface area (Å²) < 4.78 is 23.6. The van der Waals surface area contributed by atoms with Gasteiger partial charge in [-0.15, -0.1) is 0 Å². The first kappa shape index (κ1) is 42.7. The number of anilines is 5. The molecule has 4 aromatic rings. The molecule has 60 heavy (non-hydrogen) atoms. The Morgan fingerprint density at radius 2 is 1.47 bits per heavy atom. The Morgan fingerprint density at radius 3 is 2.15 bits per heavy atom. The zero-order valence-electron chi connectivity index (χ0n) is 35.4. The minimum atomic E-state index is -0.233. The number of piperidine rings is 1. The highest BCUT2D eigenvalue weighted by atomic mass is 16.5. The standard InChI is InChI=1S/C45H62N10O5/c1-46-44(56)34-28-50-45(51-29-34)53-37-9-11-40(58-3)42(25-37)60-23-7-20-55-21-14-33(31-55)38-30-47-15-12-32(38)27-49-35-13-16-48-43(26-35)52-36-8-10-39(57-2)41(24-36)59-22-6-19-54-17-4-5-18-54/h8-11,13,16,24-26,28-29,32-33,38,47H,4-7,12,14-15,17-23,27,30-31H2,1-3H3,(H,46,56)(H2,48,49,52)(H,50,51,53). The topological polar surface area (TPSA) is 159 Å². The number of aromatic nitrogens is 3. The summed E-state index contributed by atoms with van der Waals surface area (Å²) in [4.78, 5) is 30.1. The second-order valence-electron chi connectivity index (χ2n) is 15.9. The molecule has 0 bridgehead atoms. The molecular weight excluding hydrogens is 761 g/mol. The molecule has 0 aliphatic carbocycles. The van der Waals surface area contributed by atoms with E-state index in [4.69, 9.17) is 18.9 Å². The van der Waals surface area contributed by atoms with Gasteiger partial charge in [-0.05, 0) is 119 Å². The summed E-state index contributed by atoms with van der Waals surface area (Å²) in [5.41, 5.74) is 3.13. The molecule has 5 N–H and O–H groups in total. The van der Waals surface area contributed by atoms with Crippen LogP contribution in [0.5, 0.6) is 23.0 Å². The van der Waals surface area contributed by atoms with Crippen LogP contribution in [0.3, 0.4) is 0 Å². The summed E-state index contributed by atoms with van der Waals surface area (Å²) in [5.74, 6) is 5.58. The van der Waals surface area contributed by atoms with Gasteiger partial charge in [-0.2, -0.15) is 0 Å². The lowest BCUT2D eigenvalue weighted by Gasteiger charge is -2.36. The third-order valence-electron chi connectivity index (χ3n) is 11.9. The van der Waals surface area contributed by atoms with Crippen molar-refractivity contribution >= 4 is 34.7 Å². The molecule has 3 aliphatic rings. The maximum Gasteiger partial charge on any atom is 0.254 e. The molecule has 0 radical (unpaired) electrons. The molecule has 322 valence electrons. The van der Waals surface area contributed by atoms with Crippen LogP contribution in [0.25, 0.3) is 0 Å². The van der Waals surface area contributed by atoms with Gasteiger partial charge in [0.2, 0.25) is 5.95 Å². The van der Waals surface area contributed by atoms with Crippen LogP contribution in [0, 0.1) is 17.8 Å². The number of amides is 1. The minimum absolute atomic E-state index is 0.233. The van der Waals surface area contributed by atoms with Gasteiger partial charge in [-0.3, -0.25) is 4.79 Å². The average Bonchev–Trinajstić information content (AvgIpc) is 3.99. The first-order valence-electron chi connectivity index (χ1n) is 21.5. The first-order chi connectivity index (χ1) is 29.5. The van der Waals surface area contributed by atoms with E-state index in [9.17, 15) is 4.79 Å². The molecule has 3 aliphatic heterocycles. The van der Waals surface area contributed by atoms with Crippen LogP contribution in [0.15, 0.2) is 67.1 Å². The number of hydrogen-bond acceptors (Lipinski definition) is 14. The average molecular weight is 823 g/mol. The molecule has 15 heteroatoms. The van der Waals surface area contributed by atoms with E-state index in [-0.39, 0.29) is 5.91 Å². The van der Waals surface area contributed by atoms with Crippen LogP contribution in [0.1, 0.15) is 48.9 Å². The molecule has 3 saturated heterocycles. The summed E-state index contributed by atoms with van der Waals surface area (Å²) >= 11 is 0. The van der Waals surface area contributed by atoms with Gasteiger partial charge >= 0.3 is 0 Å². The minimum Gasteiger partial charge on any atom is -0.493 e. The maximum atomic E-state index is 11.8. The molecule has 2 aromatic carbocycles. The van der Waals surface area contributed by atoms with Gasteiger partial charge in [0.15, 0.2) is 23.0 Å². The van der Waals surface area contributed by atoms with Crippen molar-refractivity contribution in [3.8, 4) is 23.0 Å². The van der Waals surface area contributed by atoms with Crippen LogP contribution in [-0.2, 0) is 0 Å². The lowest BCUT2D eigenvalue weighted by Crippen LogP contribution is -2.43. The highest BCUT2D eigenvalue weighted by Gasteiger charge is 2.35. The number of likely N-dealkylation sites (tertiary alicyclic amines) is 2.